The number of aromatic nitrogens is 2. The topological polar surface area (TPSA) is 117 Å². The van der Waals surface area contributed by atoms with Gasteiger partial charge in [0.2, 0.25) is 10.0 Å². The minimum atomic E-state index is -3.68. The van der Waals surface area contributed by atoms with Crippen molar-refractivity contribution < 1.29 is 17.9 Å². The number of carbonyl (C=O) groups excluding carboxylic acids is 1. The maximum atomic E-state index is 13.5. The minimum Gasteiger partial charge on any atom is -0.376 e. The molecule has 3 heterocycles. The van der Waals surface area contributed by atoms with E-state index in [1.54, 1.807) is 39.4 Å². The van der Waals surface area contributed by atoms with Crippen LogP contribution in [0.4, 0.5) is 0 Å². The van der Waals surface area contributed by atoms with Crippen molar-refractivity contribution in [2.75, 3.05) is 26.2 Å². The number of hydrogen-bond acceptors (Lipinski definition) is 6. The summed E-state index contributed by atoms with van der Waals surface area (Å²) in [5.74, 6) is 0.0124. The van der Waals surface area contributed by atoms with Crippen LogP contribution >= 0.6 is 0 Å². The lowest BCUT2D eigenvalue weighted by Crippen LogP contribution is -2.37. The summed E-state index contributed by atoms with van der Waals surface area (Å²) in [4.78, 5) is 13.1. The predicted molar refractivity (Wildman–Crippen MR) is 152 cm³/mol. The van der Waals surface area contributed by atoms with Gasteiger partial charge in [0.05, 0.1) is 16.7 Å². The van der Waals surface area contributed by atoms with Crippen LogP contribution in [0.15, 0.2) is 71.3 Å². The third-order valence-corrected chi connectivity index (χ3v) is 9.32. The van der Waals surface area contributed by atoms with E-state index in [1.165, 1.54) is 6.08 Å². The van der Waals surface area contributed by atoms with Gasteiger partial charge in [-0.2, -0.15) is 14.7 Å². The summed E-state index contributed by atoms with van der Waals surface area (Å²) in [6, 6.07) is 18.2. The van der Waals surface area contributed by atoms with E-state index in [1.807, 2.05) is 36.4 Å². The quantitative estimate of drug-likeness (QED) is 0.327. The van der Waals surface area contributed by atoms with E-state index in [2.05, 4.69) is 12.2 Å². The van der Waals surface area contributed by atoms with Gasteiger partial charge in [0, 0.05) is 43.6 Å². The fourth-order valence-electron chi connectivity index (χ4n) is 5.02. The molecule has 40 heavy (non-hydrogen) atoms. The molecule has 2 aromatic carbocycles. The number of ether oxygens (including phenoxy) is 1. The standard InChI is InChI=1S/C30H33N5O4S/c1-22-12-14-34(15-13-22)40(37,38)28-11-5-7-23(18-28)29-25(21-35(33-29)26-8-3-2-4-9-26)17-24(19-31)30(36)32-20-27-10-6-16-39-27/h2-5,7-9,11,17-18,21-22,27H,6,10,12-16,20H2,1H3,(H,32,36)/b24-17+/t27-/m1/s1. The average Bonchev–Trinajstić information content (AvgIpc) is 3.66. The zero-order valence-electron chi connectivity index (χ0n) is 22.5. The zero-order chi connectivity index (χ0) is 28.1. The Balaban J connectivity index is 1.50. The van der Waals surface area contributed by atoms with E-state index in [9.17, 15) is 18.5 Å². The van der Waals surface area contributed by atoms with Crippen LogP contribution in [-0.4, -0.2) is 60.8 Å². The Bertz CT molecular complexity index is 1530. The zero-order valence-corrected chi connectivity index (χ0v) is 23.3. The lowest BCUT2D eigenvalue weighted by molar-refractivity contribution is -0.117. The summed E-state index contributed by atoms with van der Waals surface area (Å²) >= 11 is 0. The van der Waals surface area contributed by atoms with Crippen LogP contribution in [0.1, 0.15) is 38.2 Å². The Morgan fingerprint density at radius 3 is 2.62 bits per heavy atom. The molecule has 2 saturated heterocycles. The molecule has 0 spiro atoms. The molecule has 0 unspecified atom stereocenters. The number of piperidine rings is 1. The van der Waals surface area contributed by atoms with Crippen LogP contribution in [0, 0.1) is 17.2 Å². The molecular weight excluding hydrogens is 526 g/mol. The molecule has 2 aliphatic heterocycles. The van der Waals surface area contributed by atoms with Gasteiger partial charge in [-0.25, -0.2) is 13.1 Å². The van der Waals surface area contributed by atoms with Crippen LogP contribution in [-0.2, 0) is 19.6 Å². The second-order valence-electron chi connectivity index (χ2n) is 10.3. The number of carbonyl (C=O) groups is 1. The van der Waals surface area contributed by atoms with Gasteiger partial charge in [-0.05, 0) is 61.9 Å². The van der Waals surface area contributed by atoms with Crippen LogP contribution in [0.2, 0.25) is 0 Å². The van der Waals surface area contributed by atoms with Crippen molar-refractivity contribution in [2.45, 2.75) is 43.6 Å². The van der Waals surface area contributed by atoms with Crippen molar-refractivity contribution in [2.24, 2.45) is 5.92 Å². The molecule has 1 N–H and O–H groups in total. The monoisotopic (exact) mass is 559 g/mol. The lowest BCUT2D eigenvalue weighted by Gasteiger charge is -2.29. The fourth-order valence-corrected chi connectivity index (χ4v) is 6.54. The molecule has 0 saturated carbocycles. The molecule has 3 aromatic rings. The van der Waals surface area contributed by atoms with E-state index < -0.39 is 15.9 Å². The molecule has 208 valence electrons. The third-order valence-electron chi connectivity index (χ3n) is 7.43. The van der Waals surface area contributed by atoms with Crippen molar-refractivity contribution in [3.63, 3.8) is 0 Å². The molecule has 2 fully saturated rings. The third kappa shape index (κ3) is 6.17. The van der Waals surface area contributed by atoms with Gasteiger partial charge < -0.3 is 10.1 Å². The van der Waals surface area contributed by atoms with Gasteiger partial charge in [-0.15, -0.1) is 0 Å². The first kappa shape index (κ1) is 27.8. The van der Waals surface area contributed by atoms with Gasteiger partial charge in [0.15, 0.2) is 0 Å². The predicted octanol–water partition coefficient (Wildman–Crippen LogP) is 4.16. The fraction of sp³-hybridized carbons (Fsp3) is 0.367. The first-order valence-electron chi connectivity index (χ1n) is 13.6. The van der Waals surface area contributed by atoms with E-state index in [-0.39, 0.29) is 16.6 Å². The molecule has 0 radical (unpaired) electrons. The number of nitrogens with zero attached hydrogens (tertiary/aromatic N) is 4. The average molecular weight is 560 g/mol. The summed E-state index contributed by atoms with van der Waals surface area (Å²) in [6.45, 7) is 4.15. The van der Waals surface area contributed by atoms with E-state index in [4.69, 9.17) is 9.84 Å². The van der Waals surface area contributed by atoms with Gasteiger partial charge in [0.25, 0.3) is 5.91 Å². The molecule has 0 aliphatic carbocycles. The van der Waals surface area contributed by atoms with Gasteiger partial charge in [-0.3, -0.25) is 4.79 Å². The second kappa shape index (κ2) is 12.2. The number of nitriles is 1. The van der Waals surface area contributed by atoms with Gasteiger partial charge in [-0.1, -0.05) is 37.3 Å². The molecular formula is C30H33N5O4S. The van der Waals surface area contributed by atoms with Crippen molar-refractivity contribution in [3.05, 3.63) is 71.9 Å². The Morgan fingerprint density at radius 2 is 1.93 bits per heavy atom. The van der Waals surface area contributed by atoms with E-state index in [0.29, 0.717) is 49.0 Å². The number of amides is 1. The summed E-state index contributed by atoms with van der Waals surface area (Å²) in [6.07, 6.45) is 6.68. The summed E-state index contributed by atoms with van der Waals surface area (Å²) in [5.41, 5.74) is 2.28. The highest BCUT2D eigenvalue weighted by Crippen LogP contribution is 2.30. The van der Waals surface area contributed by atoms with Crippen molar-refractivity contribution >= 4 is 22.0 Å². The van der Waals surface area contributed by atoms with Crippen LogP contribution in [0.25, 0.3) is 23.0 Å². The maximum Gasteiger partial charge on any atom is 0.262 e. The Kier molecular flexibility index (Phi) is 8.45. The van der Waals surface area contributed by atoms with E-state index >= 15 is 0 Å². The maximum absolute atomic E-state index is 13.5. The Morgan fingerprint density at radius 1 is 1.15 bits per heavy atom. The van der Waals surface area contributed by atoms with Crippen LogP contribution in [0.3, 0.4) is 0 Å². The number of hydrogen-bond donors (Lipinski definition) is 1. The second-order valence-corrected chi connectivity index (χ2v) is 12.3. The molecule has 0 bridgehead atoms. The number of benzene rings is 2. The SMILES string of the molecule is CC1CCN(S(=O)(=O)c2cccc(-c3nn(-c4ccccc4)cc3/C=C(\C#N)C(=O)NC[C@H]3CCCO3)c2)CC1. The van der Waals surface area contributed by atoms with Crippen molar-refractivity contribution in [1.29, 1.82) is 5.26 Å². The summed E-state index contributed by atoms with van der Waals surface area (Å²) < 4.78 is 35.7. The van der Waals surface area contributed by atoms with Gasteiger partial charge >= 0.3 is 0 Å². The van der Waals surface area contributed by atoms with Gasteiger partial charge in [0.1, 0.15) is 17.3 Å². The number of nitrogens with one attached hydrogen (secondary N) is 1. The molecule has 9 nitrogen and oxygen atoms in total. The highest BCUT2D eigenvalue weighted by Gasteiger charge is 2.28. The van der Waals surface area contributed by atoms with Crippen LogP contribution in [0.5, 0.6) is 0 Å². The molecule has 10 heteroatoms. The van der Waals surface area contributed by atoms with Crippen LogP contribution < -0.4 is 5.32 Å². The smallest absolute Gasteiger partial charge is 0.262 e. The summed E-state index contributed by atoms with van der Waals surface area (Å²) in [5, 5.41) is 17.4. The molecule has 2 aliphatic rings. The summed E-state index contributed by atoms with van der Waals surface area (Å²) in [7, 11) is -3.68. The van der Waals surface area contributed by atoms with Crippen molar-refractivity contribution in [3.8, 4) is 23.0 Å². The number of rotatable bonds is 8. The Hall–Kier alpha value is -3.78. The molecule has 5 rings (SSSR count). The first-order chi connectivity index (χ1) is 19.3. The largest absolute Gasteiger partial charge is 0.376 e. The highest BCUT2D eigenvalue weighted by atomic mass is 32.2. The normalized spacial score (nSPS) is 18.9. The number of sulfonamides is 1. The number of para-hydroxylation sites is 1. The molecule has 1 amide bonds. The molecule has 1 aromatic heterocycles. The lowest BCUT2D eigenvalue weighted by atomic mass is 10.0. The minimum absolute atomic E-state index is 0.0481. The Labute approximate surface area is 235 Å². The van der Waals surface area contributed by atoms with Crippen molar-refractivity contribution in [1.82, 2.24) is 19.4 Å². The van der Waals surface area contributed by atoms with E-state index in [0.717, 1.165) is 31.4 Å². The highest BCUT2D eigenvalue weighted by molar-refractivity contribution is 7.89. The molecule has 1 atom stereocenters. The first-order valence-corrected chi connectivity index (χ1v) is 15.1.